The Labute approximate surface area is 182 Å². The second-order valence-corrected chi connectivity index (χ2v) is 8.55. The summed E-state index contributed by atoms with van der Waals surface area (Å²) >= 11 is 1.47. The van der Waals surface area contributed by atoms with Crippen molar-refractivity contribution in [2.45, 2.75) is 18.8 Å². The largest absolute Gasteiger partial charge is 0.496 e. The number of methoxy groups -OCH3 is 1. The van der Waals surface area contributed by atoms with Crippen LogP contribution in [0.3, 0.4) is 0 Å². The number of hydrogen-bond acceptors (Lipinski definition) is 5. The molecule has 0 unspecified atom stereocenters. The Kier molecular flexibility index (Phi) is 5.15. The van der Waals surface area contributed by atoms with Gasteiger partial charge >= 0.3 is 0 Å². The molecular formula is C23H21FN4O2S. The van der Waals surface area contributed by atoms with Crippen LogP contribution in [0, 0.1) is 5.82 Å². The van der Waals surface area contributed by atoms with E-state index in [4.69, 9.17) is 14.8 Å². The molecule has 1 aliphatic rings. The van der Waals surface area contributed by atoms with Crippen LogP contribution in [0.1, 0.15) is 34.3 Å². The first-order valence-electron chi connectivity index (χ1n) is 10.2. The molecule has 0 aliphatic carbocycles. The highest BCUT2D eigenvalue weighted by atomic mass is 32.1. The van der Waals surface area contributed by atoms with Crippen molar-refractivity contribution in [3.8, 4) is 16.9 Å². The van der Waals surface area contributed by atoms with Crippen molar-refractivity contribution in [2.24, 2.45) is 0 Å². The Morgan fingerprint density at radius 1 is 1.26 bits per heavy atom. The van der Waals surface area contributed by atoms with E-state index in [2.05, 4.69) is 0 Å². The van der Waals surface area contributed by atoms with Gasteiger partial charge in [0.05, 0.1) is 12.0 Å². The number of nitrogens with zero attached hydrogens (tertiary/aromatic N) is 4. The van der Waals surface area contributed by atoms with Crippen molar-refractivity contribution in [1.82, 2.24) is 19.5 Å². The zero-order valence-corrected chi connectivity index (χ0v) is 17.8. The smallest absolute Gasteiger partial charge is 0.263 e. The highest BCUT2D eigenvalue weighted by Crippen LogP contribution is 2.31. The fourth-order valence-corrected chi connectivity index (χ4v) is 4.76. The van der Waals surface area contributed by atoms with Gasteiger partial charge in [-0.05, 0) is 54.6 Å². The quantitative estimate of drug-likeness (QED) is 0.468. The molecule has 158 valence electrons. The van der Waals surface area contributed by atoms with Crippen LogP contribution in [0.4, 0.5) is 4.39 Å². The molecule has 4 heterocycles. The van der Waals surface area contributed by atoms with Gasteiger partial charge < -0.3 is 9.64 Å². The molecule has 5 rings (SSSR count). The minimum atomic E-state index is -0.326. The van der Waals surface area contributed by atoms with Crippen molar-refractivity contribution in [3.05, 3.63) is 70.6 Å². The Morgan fingerprint density at radius 3 is 2.97 bits per heavy atom. The van der Waals surface area contributed by atoms with Gasteiger partial charge in [-0.25, -0.2) is 13.9 Å². The SMILES string of the molecule is COc1ccc(F)cc1-c1ccc2nc([C@H]3CCCN(C(=O)c4cccs4)C3)nn2c1. The zero-order chi connectivity index (χ0) is 21.4. The average molecular weight is 437 g/mol. The molecule has 0 bridgehead atoms. The number of rotatable bonds is 4. The van der Waals surface area contributed by atoms with Gasteiger partial charge in [-0.1, -0.05) is 6.07 Å². The number of halogens is 1. The second kappa shape index (κ2) is 8.11. The first-order valence-corrected chi connectivity index (χ1v) is 11.0. The maximum absolute atomic E-state index is 13.8. The lowest BCUT2D eigenvalue weighted by molar-refractivity contribution is 0.0709. The van der Waals surface area contributed by atoms with Crippen molar-refractivity contribution >= 4 is 22.9 Å². The van der Waals surface area contributed by atoms with Gasteiger partial charge in [0, 0.05) is 36.3 Å². The molecule has 1 aromatic carbocycles. The fourth-order valence-electron chi connectivity index (χ4n) is 4.07. The van der Waals surface area contributed by atoms with Gasteiger partial charge in [-0.15, -0.1) is 11.3 Å². The number of hydrogen-bond donors (Lipinski definition) is 0. The Balaban J connectivity index is 1.43. The van der Waals surface area contributed by atoms with Crippen LogP contribution in [0.5, 0.6) is 5.75 Å². The van der Waals surface area contributed by atoms with E-state index < -0.39 is 0 Å². The summed E-state index contributed by atoms with van der Waals surface area (Å²) in [5, 5.41) is 6.61. The predicted octanol–water partition coefficient (Wildman–Crippen LogP) is 4.63. The zero-order valence-electron chi connectivity index (χ0n) is 17.0. The van der Waals surface area contributed by atoms with Gasteiger partial charge in [-0.2, -0.15) is 5.10 Å². The normalized spacial score (nSPS) is 16.6. The molecule has 0 spiro atoms. The third-order valence-electron chi connectivity index (χ3n) is 5.63. The summed E-state index contributed by atoms with van der Waals surface area (Å²) in [4.78, 5) is 20.1. The van der Waals surface area contributed by atoms with E-state index in [1.165, 1.54) is 23.5 Å². The Hall–Kier alpha value is -3.26. The number of amides is 1. The van der Waals surface area contributed by atoms with E-state index in [-0.39, 0.29) is 17.6 Å². The summed E-state index contributed by atoms with van der Waals surface area (Å²) in [5.74, 6) is 1.16. The monoisotopic (exact) mass is 436 g/mol. The average Bonchev–Trinajstić information content (AvgIpc) is 3.48. The Morgan fingerprint density at radius 2 is 2.16 bits per heavy atom. The summed E-state index contributed by atoms with van der Waals surface area (Å²) in [6.07, 6.45) is 3.69. The van der Waals surface area contributed by atoms with Crippen LogP contribution in [0.15, 0.2) is 54.0 Å². The maximum atomic E-state index is 13.8. The van der Waals surface area contributed by atoms with Gasteiger partial charge in [0.2, 0.25) is 0 Å². The molecule has 1 aliphatic heterocycles. The molecule has 1 saturated heterocycles. The molecule has 0 radical (unpaired) electrons. The van der Waals surface area contributed by atoms with Crippen molar-refractivity contribution in [2.75, 3.05) is 20.2 Å². The molecule has 31 heavy (non-hydrogen) atoms. The lowest BCUT2D eigenvalue weighted by Crippen LogP contribution is -2.39. The second-order valence-electron chi connectivity index (χ2n) is 7.60. The van der Waals surface area contributed by atoms with E-state index in [0.717, 1.165) is 41.3 Å². The van der Waals surface area contributed by atoms with Crippen LogP contribution in [-0.2, 0) is 0 Å². The number of carbonyl (C=O) groups is 1. The number of pyridine rings is 1. The third kappa shape index (κ3) is 3.79. The van der Waals surface area contributed by atoms with E-state index in [0.29, 0.717) is 17.9 Å². The number of thiophene rings is 1. The number of piperidine rings is 1. The van der Waals surface area contributed by atoms with Gasteiger partial charge in [0.1, 0.15) is 11.6 Å². The number of benzene rings is 1. The van der Waals surface area contributed by atoms with E-state index >= 15 is 0 Å². The lowest BCUT2D eigenvalue weighted by Gasteiger charge is -2.31. The molecule has 8 heteroatoms. The molecule has 3 aromatic heterocycles. The van der Waals surface area contributed by atoms with Crippen LogP contribution < -0.4 is 4.74 Å². The van der Waals surface area contributed by atoms with Crippen LogP contribution in [0.25, 0.3) is 16.8 Å². The molecule has 1 fully saturated rings. The summed E-state index contributed by atoms with van der Waals surface area (Å²) in [5.41, 5.74) is 2.17. The summed E-state index contributed by atoms with van der Waals surface area (Å²) in [7, 11) is 1.56. The first kappa shape index (κ1) is 19.7. The minimum absolute atomic E-state index is 0.0731. The molecule has 1 amide bonds. The minimum Gasteiger partial charge on any atom is -0.496 e. The number of aromatic nitrogens is 3. The van der Waals surface area contributed by atoms with Crippen molar-refractivity contribution in [3.63, 3.8) is 0 Å². The van der Waals surface area contributed by atoms with Gasteiger partial charge in [0.25, 0.3) is 5.91 Å². The summed E-state index contributed by atoms with van der Waals surface area (Å²) in [6, 6.07) is 12.0. The van der Waals surface area contributed by atoms with Crippen LogP contribution >= 0.6 is 11.3 Å². The number of carbonyl (C=O) groups excluding carboxylic acids is 1. The molecular weight excluding hydrogens is 415 g/mol. The van der Waals surface area contributed by atoms with E-state index in [1.807, 2.05) is 40.7 Å². The Bertz CT molecular complexity index is 1240. The highest BCUT2D eigenvalue weighted by Gasteiger charge is 2.28. The third-order valence-corrected chi connectivity index (χ3v) is 6.48. The fraction of sp³-hybridized carbons (Fsp3) is 0.261. The summed E-state index contributed by atoms with van der Waals surface area (Å²) < 4.78 is 20.9. The number of fused-ring (bicyclic) bond motifs is 1. The van der Waals surface area contributed by atoms with Crippen LogP contribution in [-0.4, -0.2) is 45.6 Å². The lowest BCUT2D eigenvalue weighted by atomic mass is 9.97. The maximum Gasteiger partial charge on any atom is 0.263 e. The molecule has 1 atom stereocenters. The highest BCUT2D eigenvalue weighted by molar-refractivity contribution is 7.12. The summed E-state index contributed by atoms with van der Waals surface area (Å²) in [6.45, 7) is 1.36. The van der Waals surface area contributed by atoms with E-state index in [1.54, 1.807) is 17.7 Å². The molecule has 4 aromatic rings. The number of ether oxygens (including phenoxy) is 1. The molecule has 0 N–H and O–H groups in total. The van der Waals surface area contributed by atoms with E-state index in [9.17, 15) is 9.18 Å². The first-order chi connectivity index (χ1) is 15.1. The molecule has 6 nitrogen and oxygen atoms in total. The predicted molar refractivity (Wildman–Crippen MR) is 117 cm³/mol. The van der Waals surface area contributed by atoms with Gasteiger partial charge in [0.15, 0.2) is 11.5 Å². The number of likely N-dealkylation sites (tertiary alicyclic amines) is 1. The topological polar surface area (TPSA) is 59.7 Å². The standard InChI is InChI=1S/C23H21FN4O2S/c1-30-19-8-7-17(24)12-18(19)15-6-9-21-25-22(26-28(21)14-15)16-4-2-10-27(13-16)23(29)20-5-3-11-31-20/h3,5-9,11-12,14,16H,2,4,10,13H2,1H3/t16-/m0/s1. The van der Waals surface area contributed by atoms with Gasteiger partial charge in [-0.3, -0.25) is 4.79 Å². The molecule has 0 saturated carbocycles. The van der Waals surface area contributed by atoms with Crippen LogP contribution in [0.2, 0.25) is 0 Å². The van der Waals surface area contributed by atoms with Crippen molar-refractivity contribution < 1.29 is 13.9 Å². The van der Waals surface area contributed by atoms with Crippen molar-refractivity contribution in [1.29, 1.82) is 0 Å².